The minimum Gasteiger partial charge on any atom is -0.493 e. The van der Waals surface area contributed by atoms with Crippen molar-refractivity contribution in [3.8, 4) is 34.1 Å². The molecule has 41 heavy (non-hydrogen) atoms. The van der Waals surface area contributed by atoms with Crippen LogP contribution in [0.25, 0.3) is 22.0 Å². The quantitative estimate of drug-likeness (QED) is 0.116. The summed E-state index contributed by atoms with van der Waals surface area (Å²) in [4.78, 5) is 28.9. The number of esters is 1. The molecule has 0 radical (unpaired) electrons. The number of amides is 1. The summed E-state index contributed by atoms with van der Waals surface area (Å²) in [5.74, 6) is 0.0194. The molecule has 1 aliphatic heterocycles. The lowest BCUT2D eigenvalue weighted by molar-refractivity contribution is 0.0729. The average molecular weight is 552 g/mol. The zero-order valence-corrected chi connectivity index (χ0v) is 21.6. The highest BCUT2D eigenvalue weighted by Crippen LogP contribution is 2.35. The summed E-state index contributed by atoms with van der Waals surface area (Å²) in [6.07, 6.45) is 1.42. The van der Waals surface area contributed by atoms with Crippen LogP contribution in [-0.2, 0) is 0 Å². The number of ether oxygens (including phenoxy) is 4. The number of aromatic amines is 1. The fraction of sp³-hybridized carbons (Fsp3) is 0.0645. The molecule has 0 spiro atoms. The zero-order valence-electron chi connectivity index (χ0n) is 21.6. The number of halogens is 1. The van der Waals surface area contributed by atoms with Crippen LogP contribution in [0, 0.1) is 5.82 Å². The highest BCUT2D eigenvalue weighted by molar-refractivity contribution is 6.09. The second kappa shape index (κ2) is 10.9. The standard InChI is InChI=1S/C31H22FN3O6/c1-38-26-13-18(7-11-25(26)41-31(37)20-8-12-24-27(14-20)40-17-39-24)16-33-35-30(36)29-28(19-5-3-2-4-6-19)22-15-21(32)9-10-23(22)34-29/h2-16,34H,17H2,1H3,(H,35,36). The maximum Gasteiger partial charge on any atom is 0.343 e. The molecule has 1 aliphatic rings. The van der Waals surface area contributed by atoms with Gasteiger partial charge in [-0.1, -0.05) is 30.3 Å². The Kier molecular flexibility index (Phi) is 6.78. The van der Waals surface area contributed by atoms with E-state index in [0.29, 0.717) is 44.8 Å². The van der Waals surface area contributed by atoms with E-state index in [1.165, 1.54) is 25.5 Å². The van der Waals surface area contributed by atoms with Gasteiger partial charge in [-0.2, -0.15) is 5.10 Å². The van der Waals surface area contributed by atoms with E-state index in [1.807, 2.05) is 30.3 Å². The van der Waals surface area contributed by atoms with E-state index < -0.39 is 17.7 Å². The topological polar surface area (TPSA) is 111 Å². The molecule has 1 aromatic heterocycles. The predicted octanol–water partition coefficient (Wildman–Crippen LogP) is 5.69. The van der Waals surface area contributed by atoms with Gasteiger partial charge in [-0.15, -0.1) is 0 Å². The second-order valence-electron chi connectivity index (χ2n) is 9.00. The summed E-state index contributed by atoms with van der Waals surface area (Å²) in [6, 6.07) is 23.2. The number of fused-ring (bicyclic) bond motifs is 2. The number of rotatable bonds is 7. The van der Waals surface area contributed by atoms with E-state index in [0.717, 1.165) is 5.56 Å². The highest BCUT2D eigenvalue weighted by Gasteiger charge is 2.20. The number of aromatic nitrogens is 1. The van der Waals surface area contributed by atoms with Crippen molar-refractivity contribution >= 4 is 29.0 Å². The normalized spacial score (nSPS) is 12.0. The van der Waals surface area contributed by atoms with Crippen LogP contribution in [-0.4, -0.2) is 37.0 Å². The van der Waals surface area contributed by atoms with E-state index >= 15 is 0 Å². The van der Waals surface area contributed by atoms with Gasteiger partial charge in [0.05, 0.1) is 18.9 Å². The Morgan fingerprint density at radius 3 is 2.61 bits per heavy atom. The third-order valence-electron chi connectivity index (χ3n) is 6.43. The maximum absolute atomic E-state index is 14.0. The summed E-state index contributed by atoms with van der Waals surface area (Å²) in [7, 11) is 1.44. The van der Waals surface area contributed by atoms with E-state index in [1.54, 1.807) is 42.5 Å². The molecule has 0 bridgehead atoms. The Bertz CT molecular complexity index is 1820. The fourth-order valence-electron chi connectivity index (χ4n) is 4.49. The fourth-order valence-corrected chi connectivity index (χ4v) is 4.49. The van der Waals surface area contributed by atoms with Crippen molar-refractivity contribution in [2.45, 2.75) is 0 Å². The van der Waals surface area contributed by atoms with Crippen molar-refractivity contribution in [2.24, 2.45) is 5.10 Å². The van der Waals surface area contributed by atoms with Crippen LogP contribution in [0.1, 0.15) is 26.4 Å². The first-order valence-electron chi connectivity index (χ1n) is 12.5. The molecule has 0 aliphatic carbocycles. The van der Waals surface area contributed by atoms with Crippen molar-refractivity contribution in [3.05, 3.63) is 108 Å². The molecule has 0 fully saturated rings. The number of methoxy groups -OCH3 is 1. The van der Waals surface area contributed by atoms with E-state index in [4.69, 9.17) is 18.9 Å². The molecular weight excluding hydrogens is 529 g/mol. The van der Waals surface area contributed by atoms with Gasteiger partial charge in [0, 0.05) is 16.5 Å². The number of carbonyl (C=O) groups is 2. The van der Waals surface area contributed by atoms with Gasteiger partial charge in [0.1, 0.15) is 11.5 Å². The van der Waals surface area contributed by atoms with E-state index in [9.17, 15) is 14.0 Å². The highest BCUT2D eigenvalue weighted by atomic mass is 19.1. The molecule has 2 N–H and O–H groups in total. The molecule has 6 rings (SSSR count). The Balaban J connectivity index is 1.19. The molecule has 5 aromatic rings. The van der Waals surface area contributed by atoms with Gasteiger partial charge in [0.2, 0.25) is 6.79 Å². The molecule has 10 heteroatoms. The summed E-state index contributed by atoms with van der Waals surface area (Å²) in [5, 5.41) is 4.66. The third kappa shape index (κ3) is 5.18. The number of H-pyrrole nitrogens is 1. The number of hydrogen-bond acceptors (Lipinski definition) is 7. The van der Waals surface area contributed by atoms with Gasteiger partial charge in [-0.3, -0.25) is 4.79 Å². The van der Waals surface area contributed by atoms with E-state index in [-0.39, 0.29) is 18.2 Å². The van der Waals surface area contributed by atoms with Crippen LogP contribution in [0.2, 0.25) is 0 Å². The van der Waals surface area contributed by atoms with Crippen LogP contribution in [0.4, 0.5) is 4.39 Å². The molecule has 1 amide bonds. The average Bonchev–Trinajstić information content (AvgIpc) is 3.62. The van der Waals surface area contributed by atoms with Crippen LogP contribution in [0.3, 0.4) is 0 Å². The molecule has 204 valence electrons. The summed E-state index contributed by atoms with van der Waals surface area (Å²) >= 11 is 0. The van der Waals surface area contributed by atoms with Crippen molar-refractivity contribution in [3.63, 3.8) is 0 Å². The smallest absolute Gasteiger partial charge is 0.343 e. The first-order valence-corrected chi connectivity index (χ1v) is 12.5. The molecule has 9 nitrogen and oxygen atoms in total. The van der Waals surface area contributed by atoms with Crippen LogP contribution in [0.5, 0.6) is 23.0 Å². The SMILES string of the molecule is COc1cc(C=NNC(=O)c2[nH]c3ccc(F)cc3c2-c2ccccc2)ccc1OC(=O)c1ccc2c(c1)OCO2. The Morgan fingerprint density at radius 1 is 0.951 bits per heavy atom. The first-order chi connectivity index (χ1) is 20.0. The number of carbonyl (C=O) groups excluding carboxylic acids is 2. The third-order valence-corrected chi connectivity index (χ3v) is 6.43. The molecule has 0 saturated carbocycles. The van der Waals surface area contributed by atoms with Crippen LogP contribution < -0.4 is 24.4 Å². The van der Waals surface area contributed by atoms with Crippen molar-refractivity contribution in [2.75, 3.05) is 13.9 Å². The lowest BCUT2D eigenvalue weighted by Gasteiger charge is -2.10. The van der Waals surface area contributed by atoms with Crippen LogP contribution >= 0.6 is 0 Å². The Labute approximate surface area is 233 Å². The van der Waals surface area contributed by atoms with Gasteiger partial charge in [-0.05, 0) is 65.7 Å². The minimum atomic E-state index is -0.595. The number of nitrogens with one attached hydrogen (secondary N) is 2. The minimum absolute atomic E-state index is 0.0983. The zero-order chi connectivity index (χ0) is 28.3. The number of hydrogen-bond donors (Lipinski definition) is 2. The number of hydrazone groups is 1. The predicted molar refractivity (Wildman–Crippen MR) is 149 cm³/mol. The lowest BCUT2D eigenvalue weighted by atomic mass is 10.0. The van der Waals surface area contributed by atoms with Crippen molar-refractivity contribution < 1.29 is 32.9 Å². The van der Waals surface area contributed by atoms with Gasteiger partial charge >= 0.3 is 5.97 Å². The monoisotopic (exact) mass is 551 g/mol. The maximum atomic E-state index is 14.0. The van der Waals surface area contributed by atoms with Crippen molar-refractivity contribution in [1.29, 1.82) is 0 Å². The number of nitrogens with zero attached hydrogens (tertiary/aromatic N) is 1. The Morgan fingerprint density at radius 2 is 1.78 bits per heavy atom. The van der Waals surface area contributed by atoms with Crippen LogP contribution in [0.15, 0.2) is 90.0 Å². The molecule has 0 saturated heterocycles. The summed E-state index contributed by atoms with van der Waals surface area (Å²) < 4.78 is 35.5. The van der Waals surface area contributed by atoms with E-state index in [2.05, 4.69) is 15.5 Å². The summed E-state index contributed by atoms with van der Waals surface area (Å²) in [6.45, 7) is 0.0983. The van der Waals surface area contributed by atoms with Gasteiger partial charge in [0.25, 0.3) is 5.91 Å². The lowest BCUT2D eigenvalue weighted by Crippen LogP contribution is -2.18. The van der Waals surface area contributed by atoms with Gasteiger partial charge < -0.3 is 23.9 Å². The molecule has 0 atom stereocenters. The second-order valence-corrected chi connectivity index (χ2v) is 9.00. The van der Waals surface area contributed by atoms with Gasteiger partial charge in [-0.25, -0.2) is 14.6 Å². The molecular formula is C31H22FN3O6. The largest absolute Gasteiger partial charge is 0.493 e. The molecule has 0 unspecified atom stereocenters. The van der Waals surface area contributed by atoms with Crippen molar-refractivity contribution in [1.82, 2.24) is 10.4 Å². The summed E-state index contributed by atoms with van der Waals surface area (Å²) in [5.41, 5.74) is 5.58. The molecule has 2 heterocycles. The first kappa shape index (κ1) is 25.6. The number of benzene rings is 4. The van der Waals surface area contributed by atoms with Gasteiger partial charge in [0.15, 0.2) is 23.0 Å². The molecule has 4 aromatic carbocycles. The Hall–Kier alpha value is -5.64.